The molecular weight excluding hydrogens is 264 g/mol. The van der Waals surface area contributed by atoms with Gasteiger partial charge in [0.05, 0.1) is 0 Å². The Morgan fingerprint density at radius 3 is 2.25 bits per heavy atom. The minimum absolute atomic E-state index is 0.664. The van der Waals surface area contributed by atoms with Crippen LogP contribution in [-0.4, -0.2) is 0 Å². The monoisotopic (exact) mass is 282 g/mol. The molecule has 0 atom stereocenters. The number of benzene rings is 2. The molecule has 0 aliphatic heterocycles. The largest absolute Gasteiger partial charge is 0.0879 e. The summed E-state index contributed by atoms with van der Waals surface area (Å²) >= 11 is 5.97. The molecule has 0 amide bonds. The second kappa shape index (κ2) is 5.85. The van der Waals surface area contributed by atoms with E-state index in [1.807, 2.05) is 12.1 Å². The molecular formula is C19H19Cl. The van der Waals surface area contributed by atoms with Gasteiger partial charge in [-0.2, -0.15) is 0 Å². The molecule has 0 spiro atoms. The lowest BCUT2D eigenvalue weighted by atomic mass is 9.88. The van der Waals surface area contributed by atoms with E-state index < -0.39 is 0 Å². The number of hydrogen-bond donors (Lipinski definition) is 0. The Bertz CT molecular complexity index is 615. The molecule has 0 heterocycles. The highest BCUT2D eigenvalue weighted by molar-refractivity contribution is 6.30. The summed E-state index contributed by atoms with van der Waals surface area (Å²) in [5.41, 5.74) is 5.53. The molecule has 2 aromatic carbocycles. The van der Waals surface area contributed by atoms with E-state index in [2.05, 4.69) is 49.4 Å². The predicted octanol–water partition coefficient (Wildman–Crippen LogP) is 6.00. The Balaban J connectivity index is 2.00. The maximum atomic E-state index is 5.97. The Labute approximate surface area is 126 Å². The molecule has 0 fully saturated rings. The van der Waals surface area contributed by atoms with Gasteiger partial charge in [-0.15, -0.1) is 0 Å². The molecule has 0 saturated heterocycles. The molecule has 0 nitrogen and oxygen atoms in total. The molecule has 0 aromatic heterocycles. The van der Waals surface area contributed by atoms with E-state index in [0.29, 0.717) is 5.92 Å². The van der Waals surface area contributed by atoms with E-state index in [1.54, 1.807) is 0 Å². The van der Waals surface area contributed by atoms with Crippen LogP contribution in [0.2, 0.25) is 5.02 Å². The van der Waals surface area contributed by atoms with Crippen molar-refractivity contribution in [2.45, 2.75) is 32.1 Å². The molecule has 0 saturated carbocycles. The van der Waals surface area contributed by atoms with Gasteiger partial charge in [-0.1, -0.05) is 61.0 Å². The van der Waals surface area contributed by atoms with Crippen LogP contribution in [0.15, 0.2) is 54.6 Å². The van der Waals surface area contributed by atoms with Gasteiger partial charge in [0.2, 0.25) is 0 Å². The molecule has 3 rings (SSSR count). The van der Waals surface area contributed by atoms with E-state index in [-0.39, 0.29) is 0 Å². The molecule has 1 aliphatic carbocycles. The Kier molecular flexibility index (Phi) is 3.93. The quantitative estimate of drug-likeness (QED) is 0.605. The Morgan fingerprint density at radius 2 is 1.60 bits per heavy atom. The summed E-state index contributed by atoms with van der Waals surface area (Å²) in [6.07, 6.45) is 8.07. The van der Waals surface area contributed by atoms with Crippen molar-refractivity contribution in [3.05, 3.63) is 70.8 Å². The summed E-state index contributed by atoms with van der Waals surface area (Å²) in [6, 6.07) is 15.0. The van der Waals surface area contributed by atoms with Crippen LogP contribution in [0.25, 0.3) is 11.1 Å². The summed E-state index contributed by atoms with van der Waals surface area (Å²) in [7, 11) is 0. The molecule has 20 heavy (non-hydrogen) atoms. The zero-order valence-corrected chi connectivity index (χ0v) is 12.5. The maximum Gasteiger partial charge on any atom is 0.0406 e. The second-order valence-corrected chi connectivity index (χ2v) is 5.85. The highest BCUT2D eigenvalue weighted by atomic mass is 35.5. The zero-order chi connectivity index (χ0) is 13.9. The highest BCUT2D eigenvalue weighted by Crippen LogP contribution is 2.34. The van der Waals surface area contributed by atoms with Crippen LogP contribution >= 0.6 is 11.6 Å². The van der Waals surface area contributed by atoms with Crippen LogP contribution < -0.4 is 0 Å². The van der Waals surface area contributed by atoms with Gasteiger partial charge >= 0.3 is 0 Å². The molecule has 102 valence electrons. The van der Waals surface area contributed by atoms with Gasteiger partial charge in [-0.25, -0.2) is 0 Å². The normalized spacial score (nSPS) is 14.9. The summed E-state index contributed by atoms with van der Waals surface area (Å²) in [5, 5.41) is 0.791. The van der Waals surface area contributed by atoms with E-state index in [4.69, 9.17) is 11.6 Å². The first kappa shape index (κ1) is 13.5. The van der Waals surface area contributed by atoms with Crippen LogP contribution in [-0.2, 0) is 6.42 Å². The van der Waals surface area contributed by atoms with Gasteiger partial charge in [-0.3, -0.25) is 0 Å². The van der Waals surface area contributed by atoms with Crippen molar-refractivity contribution in [2.75, 3.05) is 0 Å². The first-order chi connectivity index (χ1) is 9.78. The third kappa shape index (κ3) is 2.66. The fraction of sp³-hybridized carbons (Fsp3) is 0.263. The third-order valence-corrected chi connectivity index (χ3v) is 4.40. The fourth-order valence-electron chi connectivity index (χ4n) is 2.99. The predicted molar refractivity (Wildman–Crippen MR) is 87.4 cm³/mol. The third-order valence-electron chi connectivity index (χ3n) is 4.15. The van der Waals surface area contributed by atoms with E-state index in [9.17, 15) is 0 Å². The maximum absolute atomic E-state index is 5.97. The second-order valence-electron chi connectivity index (χ2n) is 5.41. The van der Waals surface area contributed by atoms with Crippen LogP contribution in [0.3, 0.4) is 0 Å². The molecule has 0 unspecified atom stereocenters. The zero-order valence-electron chi connectivity index (χ0n) is 11.8. The fourth-order valence-corrected chi connectivity index (χ4v) is 3.12. The van der Waals surface area contributed by atoms with Crippen molar-refractivity contribution < 1.29 is 0 Å². The van der Waals surface area contributed by atoms with Crippen molar-refractivity contribution in [3.63, 3.8) is 0 Å². The van der Waals surface area contributed by atoms with E-state index in [1.165, 1.54) is 35.1 Å². The molecule has 0 N–H and O–H groups in total. The molecule has 1 aliphatic rings. The Hall–Kier alpha value is -1.53. The first-order valence-electron chi connectivity index (χ1n) is 7.31. The SMILES string of the molecule is CCc1ccc(-c2ccc(Cl)cc2)cc1C1CC=CC1. The van der Waals surface area contributed by atoms with E-state index in [0.717, 1.165) is 11.4 Å². The van der Waals surface area contributed by atoms with Gasteiger partial charge < -0.3 is 0 Å². The van der Waals surface area contributed by atoms with E-state index >= 15 is 0 Å². The summed E-state index contributed by atoms with van der Waals surface area (Å²) < 4.78 is 0. The van der Waals surface area contributed by atoms with Crippen molar-refractivity contribution in [1.29, 1.82) is 0 Å². The summed E-state index contributed by atoms with van der Waals surface area (Å²) in [4.78, 5) is 0. The van der Waals surface area contributed by atoms with Crippen LogP contribution in [0.1, 0.15) is 36.8 Å². The smallest absolute Gasteiger partial charge is 0.0406 e. The van der Waals surface area contributed by atoms with Gasteiger partial charge in [0.1, 0.15) is 0 Å². The number of rotatable bonds is 3. The van der Waals surface area contributed by atoms with Gasteiger partial charge in [0, 0.05) is 5.02 Å². The summed E-state index contributed by atoms with van der Waals surface area (Å²) in [6.45, 7) is 2.24. The highest BCUT2D eigenvalue weighted by Gasteiger charge is 2.16. The molecule has 2 aromatic rings. The van der Waals surface area contributed by atoms with Gasteiger partial charge in [0.15, 0.2) is 0 Å². The van der Waals surface area contributed by atoms with Gasteiger partial charge in [0.25, 0.3) is 0 Å². The number of hydrogen-bond acceptors (Lipinski definition) is 0. The van der Waals surface area contributed by atoms with Crippen molar-refractivity contribution >= 4 is 11.6 Å². The number of aryl methyl sites for hydroxylation is 1. The minimum atomic E-state index is 0.664. The number of halogens is 1. The lowest BCUT2D eigenvalue weighted by Gasteiger charge is -2.16. The standard InChI is InChI=1S/C19H19Cl/c1-2-14-7-8-17(15-9-11-18(20)12-10-15)13-19(14)16-5-3-4-6-16/h3-4,7-13,16H,2,5-6H2,1H3. The lowest BCUT2D eigenvalue weighted by molar-refractivity contribution is 0.742. The van der Waals surface area contributed by atoms with Crippen molar-refractivity contribution in [2.24, 2.45) is 0 Å². The average molecular weight is 283 g/mol. The summed E-state index contributed by atoms with van der Waals surface area (Å²) in [5.74, 6) is 0.664. The van der Waals surface area contributed by atoms with Crippen LogP contribution in [0.5, 0.6) is 0 Å². The van der Waals surface area contributed by atoms with Crippen molar-refractivity contribution in [1.82, 2.24) is 0 Å². The lowest BCUT2D eigenvalue weighted by Crippen LogP contribution is -1.99. The van der Waals surface area contributed by atoms with Crippen LogP contribution in [0.4, 0.5) is 0 Å². The molecule has 1 heteroatoms. The topological polar surface area (TPSA) is 0 Å². The van der Waals surface area contributed by atoms with Gasteiger partial charge in [-0.05, 0) is 59.6 Å². The van der Waals surface area contributed by atoms with Crippen molar-refractivity contribution in [3.8, 4) is 11.1 Å². The number of allylic oxidation sites excluding steroid dienone is 2. The first-order valence-corrected chi connectivity index (χ1v) is 7.69. The molecule has 0 bridgehead atoms. The van der Waals surface area contributed by atoms with Crippen LogP contribution in [0, 0.1) is 0 Å². The average Bonchev–Trinajstić information content (AvgIpc) is 3.01. The minimum Gasteiger partial charge on any atom is -0.0879 e. The molecule has 0 radical (unpaired) electrons. The Morgan fingerprint density at radius 1 is 0.950 bits per heavy atom.